The maximum absolute atomic E-state index is 10.7. The van der Waals surface area contributed by atoms with Gasteiger partial charge in [0.25, 0.3) is 0 Å². The van der Waals surface area contributed by atoms with E-state index in [2.05, 4.69) is 5.32 Å². The highest BCUT2D eigenvalue weighted by molar-refractivity contribution is 5.87. The largest absolute Gasteiger partial charge is 0.478 e. The zero-order valence-electron chi connectivity index (χ0n) is 10.3. The first-order valence-electron chi connectivity index (χ1n) is 6.33. The van der Waals surface area contributed by atoms with Crippen LogP contribution in [0.1, 0.15) is 35.4 Å². The smallest absolute Gasteiger partial charge is 0.338 e. The maximum atomic E-state index is 10.7. The maximum Gasteiger partial charge on any atom is 0.338 e. The van der Waals surface area contributed by atoms with Crippen molar-refractivity contribution in [2.24, 2.45) is 11.8 Å². The monoisotopic (exact) mass is 253 g/mol. The minimum atomic E-state index is -0.971. The molecule has 1 aliphatic carbocycles. The van der Waals surface area contributed by atoms with Gasteiger partial charge in [0, 0.05) is 6.61 Å². The molecule has 0 aliphatic heterocycles. The molecule has 0 spiro atoms. The standard InChI is InChI=1S/C13H19NO4/c15-7-10-3-1-2-9(10)5-14-6-12-4-11(8-18-12)13(16)17/h4,8-10,14-15H,1-3,5-7H2,(H,16,17). The summed E-state index contributed by atoms with van der Waals surface area (Å²) < 4.78 is 5.15. The van der Waals surface area contributed by atoms with Crippen LogP contribution in [0.4, 0.5) is 0 Å². The second-order valence-electron chi connectivity index (χ2n) is 4.87. The van der Waals surface area contributed by atoms with E-state index in [-0.39, 0.29) is 12.2 Å². The van der Waals surface area contributed by atoms with Gasteiger partial charge in [-0.05, 0) is 37.3 Å². The fourth-order valence-corrected chi connectivity index (χ4v) is 2.59. The molecule has 1 heterocycles. The Kier molecular flexibility index (Phi) is 4.38. The summed E-state index contributed by atoms with van der Waals surface area (Å²) in [5.74, 6) is 0.583. The first kappa shape index (κ1) is 13.1. The second kappa shape index (κ2) is 6.02. The van der Waals surface area contributed by atoms with Crippen LogP contribution in [0.15, 0.2) is 16.7 Å². The van der Waals surface area contributed by atoms with E-state index in [9.17, 15) is 9.90 Å². The van der Waals surface area contributed by atoms with Crippen molar-refractivity contribution >= 4 is 5.97 Å². The lowest BCUT2D eigenvalue weighted by molar-refractivity contribution is 0.0696. The molecule has 2 rings (SSSR count). The number of nitrogens with one attached hydrogen (secondary N) is 1. The van der Waals surface area contributed by atoms with Gasteiger partial charge in [0.15, 0.2) is 0 Å². The molecule has 18 heavy (non-hydrogen) atoms. The normalized spacial score (nSPS) is 23.4. The van der Waals surface area contributed by atoms with Gasteiger partial charge in [-0.1, -0.05) is 6.42 Å². The molecule has 0 saturated heterocycles. The molecule has 0 amide bonds. The number of hydrogen-bond acceptors (Lipinski definition) is 4. The second-order valence-corrected chi connectivity index (χ2v) is 4.87. The van der Waals surface area contributed by atoms with Crippen molar-refractivity contribution in [3.63, 3.8) is 0 Å². The lowest BCUT2D eigenvalue weighted by Crippen LogP contribution is -2.26. The molecule has 1 aliphatic rings. The predicted octanol–water partition coefficient (Wildman–Crippen LogP) is 1.48. The van der Waals surface area contributed by atoms with Crippen LogP contribution >= 0.6 is 0 Å². The van der Waals surface area contributed by atoms with Gasteiger partial charge in [0.2, 0.25) is 0 Å². The molecule has 0 radical (unpaired) electrons. The fourth-order valence-electron chi connectivity index (χ4n) is 2.59. The zero-order chi connectivity index (χ0) is 13.0. The Bertz CT molecular complexity index is 401. The molecule has 5 nitrogen and oxygen atoms in total. The molecule has 1 fully saturated rings. The number of aliphatic hydroxyl groups is 1. The Labute approximate surface area is 106 Å². The van der Waals surface area contributed by atoms with Crippen LogP contribution in [-0.2, 0) is 6.54 Å². The SMILES string of the molecule is O=C(O)c1coc(CNCC2CCCC2CO)c1. The summed E-state index contributed by atoms with van der Waals surface area (Å²) in [5, 5.41) is 21.2. The highest BCUT2D eigenvalue weighted by atomic mass is 16.4. The fraction of sp³-hybridized carbons (Fsp3) is 0.615. The van der Waals surface area contributed by atoms with E-state index >= 15 is 0 Å². The Morgan fingerprint density at radius 1 is 1.44 bits per heavy atom. The number of carbonyl (C=O) groups is 1. The van der Waals surface area contributed by atoms with E-state index in [1.54, 1.807) is 0 Å². The number of carboxylic acid groups (broad SMARTS) is 1. The van der Waals surface area contributed by atoms with Crippen molar-refractivity contribution in [1.29, 1.82) is 0 Å². The van der Waals surface area contributed by atoms with Crippen LogP contribution in [0.25, 0.3) is 0 Å². The summed E-state index contributed by atoms with van der Waals surface area (Å²) in [7, 11) is 0. The predicted molar refractivity (Wildman–Crippen MR) is 65.3 cm³/mol. The van der Waals surface area contributed by atoms with Crippen molar-refractivity contribution in [3.8, 4) is 0 Å². The summed E-state index contributed by atoms with van der Waals surface area (Å²) in [6.07, 6.45) is 4.69. The molecular formula is C13H19NO4. The van der Waals surface area contributed by atoms with Gasteiger partial charge in [-0.15, -0.1) is 0 Å². The van der Waals surface area contributed by atoms with E-state index in [1.807, 2.05) is 0 Å². The Hall–Kier alpha value is -1.33. The number of aliphatic hydroxyl groups excluding tert-OH is 1. The quantitative estimate of drug-likeness (QED) is 0.715. The molecule has 1 aromatic rings. The lowest BCUT2D eigenvalue weighted by Gasteiger charge is -2.17. The molecule has 2 unspecified atom stereocenters. The molecule has 3 N–H and O–H groups in total. The molecule has 0 aromatic carbocycles. The lowest BCUT2D eigenvalue weighted by atomic mass is 9.97. The first-order chi connectivity index (χ1) is 8.70. The highest BCUT2D eigenvalue weighted by Gasteiger charge is 2.25. The van der Waals surface area contributed by atoms with E-state index in [4.69, 9.17) is 9.52 Å². The minimum Gasteiger partial charge on any atom is -0.478 e. The van der Waals surface area contributed by atoms with Gasteiger partial charge in [0.05, 0.1) is 12.1 Å². The topological polar surface area (TPSA) is 82.7 Å². The van der Waals surface area contributed by atoms with Gasteiger partial charge in [-0.2, -0.15) is 0 Å². The van der Waals surface area contributed by atoms with Crippen LogP contribution in [0, 0.1) is 11.8 Å². The van der Waals surface area contributed by atoms with E-state index in [1.165, 1.54) is 18.8 Å². The van der Waals surface area contributed by atoms with Crippen LogP contribution in [0.2, 0.25) is 0 Å². The van der Waals surface area contributed by atoms with Crippen molar-refractivity contribution < 1.29 is 19.4 Å². The van der Waals surface area contributed by atoms with Crippen molar-refractivity contribution in [2.75, 3.05) is 13.2 Å². The van der Waals surface area contributed by atoms with Crippen LogP contribution in [0.5, 0.6) is 0 Å². The van der Waals surface area contributed by atoms with Gasteiger partial charge < -0.3 is 19.9 Å². The van der Waals surface area contributed by atoms with Crippen LogP contribution in [0.3, 0.4) is 0 Å². The minimum absolute atomic E-state index is 0.181. The van der Waals surface area contributed by atoms with Crippen molar-refractivity contribution in [1.82, 2.24) is 5.32 Å². The number of furan rings is 1. The summed E-state index contributed by atoms with van der Waals surface area (Å²) in [6, 6.07) is 1.54. The third-order valence-corrected chi connectivity index (χ3v) is 3.66. The number of aromatic carboxylic acids is 1. The van der Waals surface area contributed by atoms with E-state index < -0.39 is 5.97 Å². The molecule has 1 aromatic heterocycles. The highest BCUT2D eigenvalue weighted by Crippen LogP contribution is 2.30. The van der Waals surface area contributed by atoms with Crippen molar-refractivity contribution in [2.45, 2.75) is 25.8 Å². The zero-order valence-corrected chi connectivity index (χ0v) is 10.3. The number of hydrogen-bond donors (Lipinski definition) is 3. The molecule has 0 bridgehead atoms. The van der Waals surface area contributed by atoms with Crippen LogP contribution < -0.4 is 5.32 Å². The third kappa shape index (κ3) is 3.11. The molecule has 100 valence electrons. The summed E-state index contributed by atoms with van der Waals surface area (Å²) in [6.45, 7) is 1.63. The molecular weight excluding hydrogens is 234 g/mol. The van der Waals surface area contributed by atoms with Gasteiger partial charge in [-0.3, -0.25) is 0 Å². The van der Waals surface area contributed by atoms with Crippen molar-refractivity contribution in [3.05, 3.63) is 23.7 Å². The van der Waals surface area contributed by atoms with Gasteiger partial charge in [-0.25, -0.2) is 4.79 Å². The summed E-state index contributed by atoms with van der Waals surface area (Å²) in [5.41, 5.74) is 0.181. The Morgan fingerprint density at radius 2 is 2.22 bits per heavy atom. The molecule has 2 atom stereocenters. The van der Waals surface area contributed by atoms with E-state index in [0.717, 1.165) is 19.4 Å². The average molecular weight is 253 g/mol. The van der Waals surface area contributed by atoms with E-state index in [0.29, 0.717) is 24.1 Å². The third-order valence-electron chi connectivity index (χ3n) is 3.66. The Balaban J connectivity index is 1.76. The number of carboxylic acids is 1. The van der Waals surface area contributed by atoms with Gasteiger partial charge in [0.1, 0.15) is 12.0 Å². The average Bonchev–Trinajstić information content (AvgIpc) is 2.97. The van der Waals surface area contributed by atoms with Crippen LogP contribution in [-0.4, -0.2) is 29.3 Å². The number of rotatable bonds is 6. The molecule has 1 saturated carbocycles. The summed E-state index contributed by atoms with van der Waals surface area (Å²) in [4.78, 5) is 10.7. The first-order valence-corrected chi connectivity index (χ1v) is 6.33. The molecule has 5 heteroatoms. The van der Waals surface area contributed by atoms with Gasteiger partial charge >= 0.3 is 5.97 Å². The summed E-state index contributed by atoms with van der Waals surface area (Å²) >= 11 is 0. The Morgan fingerprint density at radius 3 is 2.89 bits per heavy atom.